The van der Waals surface area contributed by atoms with Crippen molar-refractivity contribution in [2.24, 2.45) is 5.92 Å². The van der Waals surface area contributed by atoms with E-state index in [0.717, 1.165) is 77.5 Å². The molecule has 0 spiro atoms. The highest BCUT2D eigenvalue weighted by Crippen LogP contribution is 2.20. The number of hydrogen-bond donors (Lipinski definition) is 1. The molecule has 0 saturated heterocycles. The minimum absolute atomic E-state index is 0.0211. The van der Waals surface area contributed by atoms with Gasteiger partial charge in [0, 0.05) is 32.6 Å². The van der Waals surface area contributed by atoms with Crippen LogP contribution in [0.4, 0.5) is 4.79 Å². The monoisotopic (exact) mass is 685 g/mol. The number of aliphatic hydroxyl groups is 1. The molecule has 8 heteroatoms. The van der Waals surface area contributed by atoms with E-state index in [9.17, 15) is 14.7 Å². The smallest absolute Gasteiger partial charge is 0.465 e. The summed E-state index contributed by atoms with van der Waals surface area (Å²) < 4.78 is 16.9. The van der Waals surface area contributed by atoms with Crippen molar-refractivity contribution in [1.29, 1.82) is 0 Å². The molecular formula is C40H80N2O6. The van der Waals surface area contributed by atoms with E-state index in [1.165, 1.54) is 83.5 Å². The third-order valence-electron chi connectivity index (χ3n) is 9.63. The molecule has 0 bridgehead atoms. The van der Waals surface area contributed by atoms with Gasteiger partial charge >= 0.3 is 12.1 Å². The standard InChI is InChI=1S/C40H80N2O6/c1-6-11-14-22-27-38(48-40(45)46-35-33-42(32-34-43)31-30-41(9-4)10-5)28-23-18-16-15-17-19-24-29-39(44)47-36-37(25-20-12-7-2)26-21-13-8-3/h37-38,43H,6-36H2,1-5H3. The van der Waals surface area contributed by atoms with Crippen LogP contribution in [-0.2, 0) is 19.0 Å². The van der Waals surface area contributed by atoms with Gasteiger partial charge in [0.15, 0.2) is 0 Å². The fourth-order valence-corrected chi connectivity index (χ4v) is 6.27. The Bertz CT molecular complexity index is 695. The number of carbonyl (C=O) groups excluding carboxylic acids is 2. The number of aliphatic hydroxyl groups excluding tert-OH is 1. The topological polar surface area (TPSA) is 88.5 Å². The van der Waals surface area contributed by atoms with Gasteiger partial charge in [-0.2, -0.15) is 0 Å². The molecule has 1 N–H and O–H groups in total. The Morgan fingerprint density at radius 1 is 0.562 bits per heavy atom. The van der Waals surface area contributed by atoms with Gasteiger partial charge in [-0.1, -0.05) is 125 Å². The molecule has 0 amide bonds. The molecular weight excluding hydrogens is 604 g/mol. The lowest BCUT2D eigenvalue weighted by molar-refractivity contribution is -0.145. The molecule has 48 heavy (non-hydrogen) atoms. The first-order chi connectivity index (χ1) is 23.4. The number of rotatable bonds is 36. The van der Waals surface area contributed by atoms with E-state index in [1.54, 1.807) is 0 Å². The van der Waals surface area contributed by atoms with Crippen molar-refractivity contribution in [3.8, 4) is 0 Å². The highest BCUT2D eigenvalue weighted by molar-refractivity contribution is 5.69. The zero-order valence-corrected chi connectivity index (χ0v) is 32.5. The third-order valence-corrected chi connectivity index (χ3v) is 9.63. The van der Waals surface area contributed by atoms with Crippen molar-refractivity contribution in [2.45, 2.75) is 182 Å². The van der Waals surface area contributed by atoms with Gasteiger partial charge in [-0.3, -0.25) is 9.69 Å². The summed E-state index contributed by atoms with van der Waals surface area (Å²) in [7, 11) is 0. The normalized spacial score (nSPS) is 12.3. The summed E-state index contributed by atoms with van der Waals surface area (Å²) in [6, 6.07) is 0. The SMILES string of the molecule is CCCCCCC(CCCCCCCCCC(=O)OCC(CCCCC)CCCCC)OC(=O)OCCN(CCO)CCN(CC)CC. The van der Waals surface area contributed by atoms with E-state index < -0.39 is 6.16 Å². The third kappa shape index (κ3) is 29.5. The first kappa shape index (κ1) is 46.6. The molecule has 1 atom stereocenters. The van der Waals surface area contributed by atoms with Crippen molar-refractivity contribution in [1.82, 2.24) is 9.80 Å². The molecule has 0 rings (SSSR count). The lowest BCUT2D eigenvalue weighted by Crippen LogP contribution is -2.38. The Labute approximate surface area is 297 Å². The summed E-state index contributed by atoms with van der Waals surface area (Å²) in [4.78, 5) is 29.4. The summed E-state index contributed by atoms with van der Waals surface area (Å²) in [6.07, 6.45) is 23.8. The van der Waals surface area contributed by atoms with Gasteiger partial charge in [-0.15, -0.1) is 0 Å². The second-order valence-electron chi connectivity index (χ2n) is 13.8. The maximum absolute atomic E-state index is 12.6. The average Bonchev–Trinajstić information content (AvgIpc) is 3.08. The summed E-state index contributed by atoms with van der Waals surface area (Å²) in [5, 5.41) is 9.44. The lowest BCUT2D eigenvalue weighted by atomic mass is 9.96. The van der Waals surface area contributed by atoms with Gasteiger partial charge in [0.05, 0.1) is 13.2 Å². The fourth-order valence-electron chi connectivity index (χ4n) is 6.27. The quantitative estimate of drug-likeness (QED) is 0.0515. The zero-order valence-electron chi connectivity index (χ0n) is 32.5. The van der Waals surface area contributed by atoms with Gasteiger partial charge in [-0.25, -0.2) is 4.79 Å². The van der Waals surface area contributed by atoms with Gasteiger partial charge in [0.25, 0.3) is 0 Å². The number of hydrogen-bond acceptors (Lipinski definition) is 8. The van der Waals surface area contributed by atoms with Crippen molar-refractivity contribution >= 4 is 12.1 Å². The number of unbranched alkanes of at least 4 members (excludes halogenated alkanes) is 13. The number of carbonyl (C=O) groups is 2. The van der Waals surface area contributed by atoms with E-state index in [-0.39, 0.29) is 25.3 Å². The predicted octanol–water partition coefficient (Wildman–Crippen LogP) is 9.95. The van der Waals surface area contributed by atoms with E-state index >= 15 is 0 Å². The average molecular weight is 685 g/mol. The Kier molecular flexibility index (Phi) is 34.4. The van der Waals surface area contributed by atoms with Crippen molar-refractivity contribution in [3.63, 3.8) is 0 Å². The van der Waals surface area contributed by atoms with E-state index in [1.807, 2.05) is 0 Å². The Balaban J connectivity index is 4.27. The molecule has 8 nitrogen and oxygen atoms in total. The van der Waals surface area contributed by atoms with Crippen LogP contribution in [0.2, 0.25) is 0 Å². The fraction of sp³-hybridized carbons (Fsp3) is 0.950. The summed E-state index contributed by atoms with van der Waals surface area (Å²) >= 11 is 0. The molecule has 286 valence electrons. The van der Waals surface area contributed by atoms with Crippen LogP contribution in [0.25, 0.3) is 0 Å². The van der Waals surface area contributed by atoms with Crippen LogP contribution in [0.5, 0.6) is 0 Å². The second kappa shape index (κ2) is 35.4. The van der Waals surface area contributed by atoms with Gasteiger partial charge < -0.3 is 24.2 Å². The van der Waals surface area contributed by atoms with Crippen molar-refractivity contribution in [2.75, 3.05) is 59.1 Å². The second-order valence-corrected chi connectivity index (χ2v) is 13.8. The van der Waals surface area contributed by atoms with E-state index in [2.05, 4.69) is 44.4 Å². The minimum atomic E-state index is -0.565. The van der Waals surface area contributed by atoms with Crippen molar-refractivity contribution in [3.05, 3.63) is 0 Å². The summed E-state index contributed by atoms with van der Waals surface area (Å²) in [5.41, 5.74) is 0. The largest absolute Gasteiger partial charge is 0.508 e. The summed E-state index contributed by atoms with van der Waals surface area (Å²) in [5.74, 6) is 0.507. The van der Waals surface area contributed by atoms with Crippen LogP contribution >= 0.6 is 0 Å². The summed E-state index contributed by atoms with van der Waals surface area (Å²) in [6.45, 7) is 16.9. The van der Waals surface area contributed by atoms with Crippen LogP contribution in [0.15, 0.2) is 0 Å². The molecule has 0 aliphatic heterocycles. The van der Waals surface area contributed by atoms with E-state index in [0.29, 0.717) is 32.0 Å². The van der Waals surface area contributed by atoms with Crippen LogP contribution in [-0.4, -0.2) is 92.2 Å². The highest BCUT2D eigenvalue weighted by atomic mass is 16.7. The molecule has 0 saturated carbocycles. The molecule has 0 radical (unpaired) electrons. The number of nitrogens with zero attached hydrogens (tertiary/aromatic N) is 2. The molecule has 0 aromatic rings. The first-order valence-electron chi connectivity index (χ1n) is 20.5. The number of likely N-dealkylation sites (N-methyl/N-ethyl adjacent to an activating group) is 1. The maximum atomic E-state index is 12.6. The molecule has 0 aromatic carbocycles. The molecule has 0 aromatic heterocycles. The van der Waals surface area contributed by atoms with Crippen LogP contribution in [0.3, 0.4) is 0 Å². The Morgan fingerprint density at radius 2 is 1.06 bits per heavy atom. The number of ether oxygens (including phenoxy) is 3. The van der Waals surface area contributed by atoms with E-state index in [4.69, 9.17) is 14.2 Å². The van der Waals surface area contributed by atoms with Crippen LogP contribution < -0.4 is 0 Å². The predicted molar refractivity (Wildman–Crippen MR) is 201 cm³/mol. The number of esters is 1. The van der Waals surface area contributed by atoms with Crippen molar-refractivity contribution < 1.29 is 28.9 Å². The van der Waals surface area contributed by atoms with Gasteiger partial charge in [0.2, 0.25) is 0 Å². The maximum Gasteiger partial charge on any atom is 0.508 e. The Morgan fingerprint density at radius 3 is 1.62 bits per heavy atom. The zero-order chi connectivity index (χ0) is 35.5. The van der Waals surface area contributed by atoms with Gasteiger partial charge in [0.1, 0.15) is 12.7 Å². The molecule has 0 aliphatic carbocycles. The van der Waals surface area contributed by atoms with Crippen LogP contribution in [0.1, 0.15) is 176 Å². The molecule has 0 heterocycles. The lowest BCUT2D eigenvalue weighted by Gasteiger charge is -2.25. The molecule has 1 unspecified atom stereocenters. The Hall–Kier alpha value is -1.38. The molecule has 0 fully saturated rings. The highest BCUT2D eigenvalue weighted by Gasteiger charge is 2.17. The minimum Gasteiger partial charge on any atom is -0.465 e. The first-order valence-corrected chi connectivity index (χ1v) is 20.5. The molecule has 0 aliphatic rings. The van der Waals surface area contributed by atoms with Gasteiger partial charge in [-0.05, 0) is 64.0 Å². The van der Waals surface area contributed by atoms with Crippen LogP contribution in [0, 0.1) is 5.92 Å².